The lowest BCUT2D eigenvalue weighted by atomic mass is 9.88. The van der Waals surface area contributed by atoms with Gasteiger partial charge in [-0.2, -0.15) is 0 Å². The van der Waals surface area contributed by atoms with E-state index in [1.165, 1.54) is 12.5 Å². The Morgan fingerprint density at radius 2 is 1.94 bits per heavy atom. The van der Waals surface area contributed by atoms with Crippen LogP contribution in [0.3, 0.4) is 0 Å². The first-order valence-corrected chi connectivity index (χ1v) is 10.5. The molecule has 4 rings (SSSR count). The van der Waals surface area contributed by atoms with E-state index >= 15 is 0 Å². The summed E-state index contributed by atoms with van der Waals surface area (Å²) in [6.07, 6.45) is 5.13. The van der Waals surface area contributed by atoms with Crippen LogP contribution in [0.1, 0.15) is 59.5 Å². The number of aryl methyl sites for hydroxylation is 2. The van der Waals surface area contributed by atoms with Crippen LogP contribution in [0.25, 0.3) is 5.65 Å². The maximum absolute atomic E-state index is 12.6. The molecule has 1 aliphatic carbocycles. The third kappa shape index (κ3) is 4.68. The molecule has 0 bridgehead atoms. The fourth-order valence-electron chi connectivity index (χ4n) is 3.85. The molecule has 162 valence electrons. The van der Waals surface area contributed by atoms with Crippen LogP contribution in [0.15, 0.2) is 39.6 Å². The minimum Gasteiger partial charge on any atom is -0.456 e. The minimum absolute atomic E-state index is 0.00157. The molecule has 1 saturated carbocycles. The van der Waals surface area contributed by atoms with Gasteiger partial charge in [-0.05, 0) is 44.4 Å². The Labute approximate surface area is 179 Å². The van der Waals surface area contributed by atoms with Crippen LogP contribution in [0.4, 0.5) is 5.69 Å². The first-order valence-electron chi connectivity index (χ1n) is 10.5. The maximum atomic E-state index is 12.6. The molecule has 3 aromatic rings. The van der Waals surface area contributed by atoms with Crippen molar-refractivity contribution in [3.05, 3.63) is 63.3 Å². The molecule has 2 aromatic heterocycles. The van der Waals surface area contributed by atoms with Gasteiger partial charge in [-0.15, -0.1) is 4.57 Å². The van der Waals surface area contributed by atoms with Crippen LogP contribution in [0, 0.1) is 19.8 Å². The van der Waals surface area contributed by atoms with E-state index in [0.29, 0.717) is 28.4 Å². The van der Waals surface area contributed by atoms with E-state index < -0.39 is 5.97 Å². The van der Waals surface area contributed by atoms with Crippen LogP contribution in [0.5, 0.6) is 0 Å². The SMILES string of the molecule is Cc1cc2nc(COC(=O)c3ccc(C)c(NC(=O)C4CCCCC4)c3)cc(=O)n2o1. The van der Waals surface area contributed by atoms with Crippen molar-refractivity contribution in [2.75, 3.05) is 5.32 Å². The second-order valence-corrected chi connectivity index (χ2v) is 8.01. The number of rotatable bonds is 5. The molecular formula is C23H25N3O5. The number of esters is 1. The zero-order valence-corrected chi connectivity index (χ0v) is 17.6. The summed E-state index contributed by atoms with van der Waals surface area (Å²) in [5, 5.41) is 2.97. The molecule has 0 atom stereocenters. The normalized spacial score (nSPS) is 14.5. The average Bonchev–Trinajstić information content (AvgIpc) is 3.15. The molecule has 0 saturated heterocycles. The second-order valence-electron chi connectivity index (χ2n) is 8.01. The van der Waals surface area contributed by atoms with E-state index in [1.54, 1.807) is 31.2 Å². The van der Waals surface area contributed by atoms with Gasteiger partial charge in [-0.3, -0.25) is 9.59 Å². The van der Waals surface area contributed by atoms with Gasteiger partial charge in [0.05, 0.1) is 11.3 Å². The van der Waals surface area contributed by atoms with Crippen LogP contribution in [-0.2, 0) is 16.1 Å². The van der Waals surface area contributed by atoms with Crippen molar-refractivity contribution < 1.29 is 18.8 Å². The predicted molar refractivity (Wildman–Crippen MR) is 114 cm³/mol. The largest absolute Gasteiger partial charge is 0.456 e. The number of anilines is 1. The number of nitrogens with zero attached hydrogens (tertiary/aromatic N) is 2. The Hall–Kier alpha value is -3.42. The number of carbonyl (C=O) groups excluding carboxylic acids is 2. The van der Waals surface area contributed by atoms with Crippen molar-refractivity contribution in [1.82, 2.24) is 9.56 Å². The highest BCUT2D eigenvalue weighted by Gasteiger charge is 2.22. The van der Waals surface area contributed by atoms with Gasteiger partial charge in [-0.25, -0.2) is 9.78 Å². The van der Waals surface area contributed by atoms with Crippen molar-refractivity contribution in [2.45, 2.75) is 52.6 Å². The summed E-state index contributed by atoms with van der Waals surface area (Å²) in [6.45, 7) is 3.45. The summed E-state index contributed by atoms with van der Waals surface area (Å²) in [4.78, 5) is 41.5. The number of amides is 1. The number of carbonyl (C=O) groups is 2. The molecule has 1 fully saturated rings. The molecule has 2 heterocycles. The van der Waals surface area contributed by atoms with E-state index in [1.807, 2.05) is 6.92 Å². The Morgan fingerprint density at radius 3 is 2.71 bits per heavy atom. The fraction of sp³-hybridized carbons (Fsp3) is 0.391. The van der Waals surface area contributed by atoms with E-state index in [0.717, 1.165) is 35.8 Å². The average molecular weight is 423 g/mol. The van der Waals surface area contributed by atoms with Gasteiger partial charge < -0.3 is 14.6 Å². The molecule has 8 nitrogen and oxygen atoms in total. The number of aromatic nitrogens is 2. The number of fused-ring (bicyclic) bond motifs is 1. The molecule has 1 amide bonds. The van der Waals surface area contributed by atoms with Crippen molar-refractivity contribution >= 4 is 23.2 Å². The van der Waals surface area contributed by atoms with Gasteiger partial charge in [-0.1, -0.05) is 25.3 Å². The highest BCUT2D eigenvalue weighted by molar-refractivity contribution is 5.96. The summed E-state index contributed by atoms with van der Waals surface area (Å²) >= 11 is 0. The van der Waals surface area contributed by atoms with Gasteiger partial charge in [0.15, 0.2) is 5.65 Å². The standard InChI is InChI=1S/C23H25N3O5/c1-14-8-9-17(11-19(14)25-22(28)16-6-4-3-5-7-16)23(29)30-13-18-12-21(27)26-20(24-18)10-15(2)31-26/h8-12,16H,3-7,13H2,1-2H3,(H,25,28). The molecule has 0 aliphatic heterocycles. The van der Waals surface area contributed by atoms with Crippen molar-refractivity contribution in [3.63, 3.8) is 0 Å². The summed E-state index contributed by atoms with van der Waals surface area (Å²) in [5.74, 6) is 0.0249. The zero-order chi connectivity index (χ0) is 22.0. The van der Waals surface area contributed by atoms with Gasteiger partial charge in [0, 0.05) is 23.7 Å². The van der Waals surface area contributed by atoms with E-state index in [4.69, 9.17) is 9.26 Å². The lowest BCUT2D eigenvalue weighted by Gasteiger charge is -2.21. The molecule has 8 heteroatoms. The maximum Gasteiger partial charge on any atom is 0.338 e. The first-order chi connectivity index (χ1) is 14.9. The highest BCUT2D eigenvalue weighted by atomic mass is 16.5. The number of ether oxygens (including phenoxy) is 1. The van der Waals surface area contributed by atoms with Crippen molar-refractivity contribution in [3.8, 4) is 0 Å². The molecular weight excluding hydrogens is 398 g/mol. The Morgan fingerprint density at radius 1 is 1.16 bits per heavy atom. The Bertz CT molecular complexity index is 1190. The second kappa shape index (κ2) is 8.75. The molecule has 0 spiro atoms. The molecule has 1 N–H and O–H groups in total. The van der Waals surface area contributed by atoms with Crippen LogP contribution in [0.2, 0.25) is 0 Å². The number of hydrogen-bond acceptors (Lipinski definition) is 6. The Kier molecular flexibility index (Phi) is 5.88. The fourth-order valence-corrected chi connectivity index (χ4v) is 3.85. The molecule has 0 unspecified atom stereocenters. The lowest BCUT2D eigenvalue weighted by molar-refractivity contribution is -0.120. The quantitative estimate of drug-likeness (QED) is 0.627. The third-order valence-electron chi connectivity index (χ3n) is 5.58. The Balaban J connectivity index is 1.44. The zero-order valence-electron chi connectivity index (χ0n) is 17.6. The van der Waals surface area contributed by atoms with Gasteiger partial charge in [0.1, 0.15) is 12.4 Å². The van der Waals surface area contributed by atoms with Crippen LogP contribution >= 0.6 is 0 Å². The molecule has 1 aromatic carbocycles. The highest BCUT2D eigenvalue weighted by Crippen LogP contribution is 2.26. The van der Waals surface area contributed by atoms with Gasteiger partial charge in [0.2, 0.25) is 5.91 Å². The topological polar surface area (TPSA) is 103 Å². The summed E-state index contributed by atoms with van der Waals surface area (Å²) in [7, 11) is 0. The van der Waals surface area contributed by atoms with Crippen LogP contribution in [-0.4, -0.2) is 21.4 Å². The molecule has 0 radical (unpaired) electrons. The van der Waals surface area contributed by atoms with Gasteiger partial charge in [0.25, 0.3) is 5.56 Å². The monoisotopic (exact) mass is 423 g/mol. The number of benzene rings is 1. The van der Waals surface area contributed by atoms with E-state index in [9.17, 15) is 14.4 Å². The third-order valence-corrected chi connectivity index (χ3v) is 5.58. The number of nitrogens with one attached hydrogen (secondary N) is 1. The van der Waals surface area contributed by atoms with Gasteiger partial charge >= 0.3 is 5.97 Å². The minimum atomic E-state index is -0.557. The lowest BCUT2D eigenvalue weighted by Crippen LogP contribution is -2.25. The van der Waals surface area contributed by atoms with Crippen molar-refractivity contribution in [2.24, 2.45) is 5.92 Å². The van der Waals surface area contributed by atoms with E-state index in [2.05, 4.69) is 10.3 Å². The van der Waals surface area contributed by atoms with E-state index in [-0.39, 0.29) is 24.0 Å². The van der Waals surface area contributed by atoms with Crippen LogP contribution < -0.4 is 10.9 Å². The molecule has 1 aliphatic rings. The van der Waals surface area contributed by atoms with Crippen molar-refractivity contribution in [1.29, 1.82) is 0 Å². The summed E-state index contributed by atoms with van der Waals surface area (Å²) in [5.41, 5.74) is 2.11. The molecule has 31 heavy (non-hydrogen) atoms. The summed E-state index contributed by atoms with van der Waals surface area (Å²) < 4.78 is 11.7. The predicted octanol–water partition coefficient (Wildman–Crippen LogP) is 3.78. The first kappa shape index (κ1) is 20.8. The number of hydrogen-bond donors (Lipinski definition) is 1. The smallest absolute Gasteiger partial charge is 0.338 e. The summed E-state index contributed by atoms with van der Waals surface area (Å²) in [6, 6.07) is 7.96.